The molecule has 0 aliphatic rings. The SMILES string of the molecule is Fc1cc(C(F)(F)F)cc(F)c1Oc1ccc(I)cc1Br. The van der Waals surface area contributed by atoms with Gasteiger partial charge in [-0.15, -0.1) is 0 Å². The maximum absolute atomic E-state index is 13.7. The van der Waals surface area contributed by atoms with E-state index in [2.05, 4.69) is 15.9 Å². The van der Waals surface area contributed by atoms with Gasteiger partial charge in [0.05, 0.1) is 10.0 Å². The monoisotopic (exact) mass is 478 g/mol. The fourth-order valence-electron chi connectivity index (χ4n) is 1.49. The lowest BCUT2D eigenvalue weighted by molar-refractivity contribution is -0.138. The minimum absolute atomic E-state index is 0.0907. The first-order valence-corrected chi connectivity index (χ1v) is 7.25. The molecule has 8 heteroatoms. The van der Waals surface area contributed by atoms with Crippen LogP contribution in [0.25, 0.3) is 0 Å². The summed E-state index contributed by atoms with van der Waals surface area (Å²) in [5.74, 6) is -3.64. The van der Waals surface area contributed by atoms with Crippen LogP contribution in [0, 0.1) is 15.2 Å². The smallest absolute Gasteiger partial charge is 0.416 e. The van der Waals surface area contributed by atoms with Gasteiger partial charge in [-0.1, -0.05) is 0 Å². The van der Waals surface area contributed by atoms with Crippen molar-refractivity contribution in [2.75, 3.05) is 0 Å². The van der Waals surface area contributed by atoms with Crippen molar-refractivity contribution in [3.05, 3.63) is 55.6 Å². The first-order valence-electron chi connectivity index (χ1n) is 5.37. The van der Waals surface area contributed by atoms with Gasteiger partial charge < -0.3 is 4.74 Å². The number of alkyl halides is 3. The summed E-state index contributed by atoms with van der Waals surface area (Å²) in [6, 6.07) is 5.09. The molecule has 0 saturated heterocycles. The van der Waals surface area contributed by atoms with Gasteiger partial charge in [0, 0.05) is 3.57 Å². The Hall–Kier alpha value is -0.900. The van der Waals surface area contributed by atoms with E-state index in [1.165, 1.54) is 6.07 Å². The molecule has 0 bridgehead atoms. The van der Waals surface area contributed by atoms with E-state index in [9.17, 15) is 22.0 Å². The molecular formula is C13H5BrF5IO. The molecular weight excluding hydrogens is 474 g/mol. The van der Waals surface area contributed by atoms with Crippen molar-refractivity contribution >= 4 is 38.5 Å². The van der Waals surface area contributed by atoms with Gasteiger partial charge in [0.2, 0.25) is 0 Å². The number of halogens is 7. The summed E-state index contributed by atoms with van der Waals surface area (Å²) in [6.45, 7) is 0. The molecule has 0 radical (unpaired) electrons. The third kappa shape index (κ3) is 3.85. The third-order valence-corrected chi connectivity index (χ3v) is 3.72. The van der Waals surface area contributed by atoms with Gasteiger partial charge in [0.15, 0.2) is 17.4 Å². The van der Waals surface area contributed by atoms with E-state index in [1.54, 1.807) is 12.1 Å². The summed E-state index contributed by atoms with van der Waals surface area (Å²) in [4.78, 5) is 0. The molecule has 0 aromatic heterocycles. The van der Waals surface area contributed by atoms with E-state index >= 15 is 0 Å². The Morgan fingerprint density at radius 3 is 2.05 bits per heavy atom. The molecule has 112 valence electrons. The van der Waals surface area contributed by atoms with Crippen molar-refractivity contribution in [2.45, 2.75) is 6.18 Å². The highest BCUT2D eigenvalue weighted by Gasteiger charge is 2.33. The summed E-state index contributed by atoms with van der Waals surface area (Å²) < 4.78 is 70.9. The molecule has 2 aromatic carbocycles. The molecule has 0 spiro atoms. The first kappa shape index (κ1) is 16.5. The lowest BCUT2D eigenvalue weighted by Gasteiger charge is -2.12. The number of benzene rings is 2. The largest absolute Gasteiger partial charge is 0.450 e. The average Bonchev–Trinajstić information content (AvgIpc) is 2.34. The topological polar surface area (TPSA) is 9.23 Å². The van der Waals surface area contributed by atoms with Gasteiger partial charge in [-0.25, -0.2) is 8.78 Å². The van der Waals surface area contributed by atoms with Crippen LogP contribution in [0.2, 0.25) is 0 Å². The molecule has 0 atom stereocenters. The van der Waals surface area contributed by atoms with Crippen LogP contribution in [-0.4, -0.2) is 0 Å². The summed E-state index contributed by atoms with van der Waals surface area (Å²) in [7, 11) is 0. The van der Waals surface area contributed by atoms with Crippen LogP contribution in [0.3, 0.4) is 0 Å². The lowest BCUT2D eigenvalue weighted by atomic mass is 10.2. The second-order valence-electron chi connectivity index (χ2n) is 3.94. The number of hydrogen-bond acceptors (Lipinski definition) is 1. The average molecular weight is 479 g/mol. The fourth-order valence-corrected chi connectivity index (χ4v) is 2.87. The number of hydrogen-bond donors (Lipinski definition) is 0. The van der Waals surface area contributed by atoms with Crippen LogP contribution in [0.4, 0.5) is 22.0 Å². The molecule has 0 unspecified atom stereocenters. The van der Waals surface area contributed by atoms with E-state index in [1.807, 2.05) is 22.6 Å². The summed E-state index contributed by atoms with van der Waals surface area (Å²) in [5, 5.41) is 0. The maximum Gasteiger partial charge on any atom is 0.416 e. The first-order chi connectivity index (χ1) is 9.68. The van der Waals surface area contributed by atoms with E-state index in [4.69, 9.17) is 4.74 Å². The van der Waals surface area contributed by atoms with Gasteiger partial charge in [-0.05, 0) is 68.9 Å². The molecule has 0 aliphatic carbocycles. The minimum atomic E-state index is -4.83. The molecule has 21 heavy (non-hydrogen) atoms. The quantitative estimate of drug-likeness (QED) is 0.372. The second kappa shape index (κ2) is 6.07. The lowest BCUT2D eigenvalue weighted by Crippen LogP contribution is -2.07. The zero-order chi connectivity index (χ0) is 15.8. The van der Waals surface area contributed by atoms with Crippen molar-refractivity contribution < 1.29 is 26.7 Å². The molecule has 0 aliphatic heterocycles. The standard InChI is InChI=1S/C13H5BrF5IO/c14-8-5-7(20)1-2-11(8)21-12-9(15)3-6(4-10(12)16)13(17,18)19/h1-5H. The molecule has 0 fully saturated rings. The summed E-state index contributed by atoms with van der Waals surface area (Å²) >= 11 is 5.17. The normalized spacial score (nSPS) is 11.6. The van der Waals surface area contributed by atoms with E-state index in [0.29, 0.717) is 4.47 Å². The number of rotatable bonds is 2. The van der Waals surface area contributed by atoms with Crippen LogP contribution in [-0.2, 0) is 6.18 Å². The Bertz CT molecular complexity index is 664. The van der Waals surface area contributed by atoms with E-state index in [0.717, 1.165) is 3.57 Å². The van der Waals surface area contributed by atoms with Gasteiger partial charge >= 0.3 is 6.18 Å². The van der Waals surface area contributed by atoms with E-state index in [-0.39, 0.29) is 17.9 Å². The zero-order valence-electron chi connectivity index (χ0n) is 9.94. The zero-order valence-corrected chi connectivity index (χ0v) is 13.7. The van der Waals surface area contributed by atoms with Gasteiger partial charge in [0.25, 0.3) is 0 Å². The Morgan fingerprint density at radius 1 is 1.00 bits per heavy atom. The molecule has 0 N–H and O–H groups in total. The van der Waals surface area contributed by atoms with E-state index < -0.39 is 29.1 Å². The molecule has 2 aromatic rings. The van der Waals surface area contributed by atoms with Crippen LogP contribution in [0.5, 0.6) is 11.5 Å². The summed E-state index contributed by atoms with van der Waals surface area (Å²) in [6.07, 6.45) is -4.83. The van der Waals surface area contributed by atoms with Crippen molar-refractivity contribution in [3.8, 4) is 11.5 Å². The van der Waals surface area contributed by atoms with Crippen molar-refractivity contribution in [1.82, 2.24) is 0 Å². The predicted octanol–water partition coefficient (Wildman–Crippen LogP) is 6.14. The Morgan fingerprint density at radius 2 is 1.57 bits per heavy atom. The van der Waals surface area contributed by atoms with Crippen LogP contribution in [0.15, 0.2) is 34.8 Å². The molecule has 1 nitrogen and oxygen atoms in total. The molecule has 0 heterocycles. The Labute approximate surface area is 138 Å². The number of ether oxygens (including phenoxy) is 1. The fraction of sp³-hybridized carbons (Fsp3) is 0.0769. The highest BCUT2D eigenvalue weighted by molar-refractivity contribution is 14.1. The highest BCUT2D eigenvalue weighted by atomic mass is 127. The van der Waals surface area contributed by atoms with Crippen LogP contribution in [0.1, 0.15) is 5.56 Å². The van der Waals surface area contributed by atoms with Crippen LogP contribution < -0.4 is 4.74 Å². The van der Waals surface area contributed by atoms with Gasteiger partial charge in [-0.3, -0.25) is 0 Å². The molecule has 0 saturated carbocycles. The highest BCUT2D eigenvalue weighted by Crippen LogP contribution is 2.37. The molecule has 0 amide bonds. The second-order valence-corrected chi connectivity index (χ2v) is 6.04. The minimum Gasteiger partial charge on any atom is -0.450 e. The van der Waals surface area contributed by atoms with Crippen LogP contribution >= 0.6 is 38.5 Å². The summed E-state index contributed by atoms with van der Waals surface area (Å²) in [5.41, 5.74) is -1.41. The molecule has 2 rings (SSSR count). The van der Waals surface area contributed by atoms with Crippen molar-refractivity contribution in [2.24, 2.45) is 0 Å². The Kier molecular flexibility index (Phi) is 4.76. The maximum atomic E-state index is 13.7. The Balaban J connectivity index is 2.41. The van der Waals surface area contributed by atoms with Gasteiger partial charge in [-0.2, -0.15) is 13.2 Å². The van der Waals surface area contributed by atoms with Crippen molar-refractivity contribution in [3.63, 3.8) is 0 Å². The van der Waals surface area contributed by atoms with Gasteiger partial charge in [0.1, 0.15) is 5.75 Å². The third-order valence-electron chi connectivity index (χ3n) is 2.43. The van der Waals surface area contributed by atoms with Crippen molar-refractivity contribution in [1.29, 1.82) is 0 Å². The predicted molar refractivity (Wildman–Crippen MR) is 78.3 cm³/mol.